The maximum Gasteiger partial charge on any atom is 0.335 e. The third-order valence-electron chi connectivity index (χ3n) is 5.84. The van der Waals surface area contributed by atoms with E-state index in [-0.39, 0.29) is 27.5 Å². The van der Waals surface area contributed by atoms with E-state index in [0.717, 1.165) is 16.8 Å². The standard InChI is InChI=1S/C25H24N2O5S/c1-25(2)15-19-14-18(24(29)30)11-12-21(19)26-22(25)16-7-6-8-17(13-16)23(28)27-33(31,32)20-9-4-3-5-10-20/h3-14,22,26H,15H2,1-2H3,(H,27,28)(H,29,30). The van der Waals surface area contributed by atoms with E-state index in [4.69, 9.17) is 0 Å². The van der Waals surface area contributed by atoms with Crippen LogP contribution in [0.1, 0.15) is 51.7 Å². The highest BCUT2D eigenvalue weighted by Crippen LogP contribution is 2.45. The van der Waals surface area contributed by atoms with Gasteiger partial charge in [0.2, 0.25) is 0 Å². The molecule has 3 aromatic carbocycles. The van der Waals surface area contributed by atoms with E-state index in [1.54, 1.807) is 54.6 Å². The monoisotopic (exact) mass is 464 g/mol. The van der Waals surface area contributed by atoms with Crippen molar-refractivity contribution in [2.45, 2.75) is 31.2 Å². The number of carbonyl (C=O) groups excluding carboxylic acids is 1. The van der Waals surface area contributed by atoms with Crippen LogP contribution in [0.25, 0.3) is 0 Å². The smallest absolute Gasteiger partial charge is 0.335 e. The van der Waals surface area contributed by atoms with Gasteiger partial charge in [-0.05, 0) is 65.4 Å². The molecule has 0 aromatic heterocycles. The molecule has 0 aliphatic carbocycles. The van der Waals surface area contributed by atoms with Crippen molar-refractivity contribution in [1.82, 2.24) is 4.72 Å². The molecule has 0 saturated carbocycles. The molecular weight excluding hydrogens is 440 g/mol. The number of carboxylic acids is 1. The van der Waals surface area contributed by atoms with Gasteiger partial charge in [0.15, 0.2) is 0 Å². The van der Waals surface area contributed by atoms with Crippen molar-refractivity contribution < 1.29 is 23.1 Å². The lowest BCUT2D eigenvalue weighted by Gasteiger charge is -2.41. The van der Waals surface area contributed by atoms with Gasteiger partial charge in [0.1, 0.15) is 0 Å². The molecule has 170 valence electrons. The Morgan fingerprint density at radius 3 is 2.39 bits per heavy atom. The number of amides is 1. The Morgan fingerprint density at radius 2 is 1.70 bits per heavy atom. The molecule has 0 bridgehead atoms. The van der Waals surface area contributed by atoms with E-state index < -0.39 is 21.9 Å². The van der Waals surface area contributed by atoms with Gasteiger partial charge < -0.3 is 10.4 Å². The first-order valence-corrected chi connectivity index (χ1v) is 11.9. The maximum atomic E-state index is 12.8. The number of aromatic carboxylic acids is 1. The minimum atomic E-state index is -3.98. The first-order chi connectivity index (χ1) is 15.6. The topological polar surface area (TPSA) is 113 Å². The third kappa shape index (κ3) is 4.61. The van der Waals surface area contributed by atoms with Crippen LogP contribution in [0.4, 0.5) is 5.69 Å². The van der Waals surface area contributed by atoms with E-state index >= 15 is 0 Å². The fourth-order valence-corrected chi connectivity index (χ4v) is 5.19. The predicted octanol–water partition coefficient (Wildman–Crippen LogP) is 4.24. The van der Waals surface area contributed by atoms with Gasteiger partial charge in [0.25, 0.3) is 15.9 Å². The number of nitrogens with one attached hydrogen (secondary N) is 2. The molecule has 1 unspecified atom stereocenters. The van der Waals surface area contributed by atoms with Crippen LogP contribution in [0.3, 0.4) is 0 Å². The predicted molar refractivity (Wildman–Crippen MR) is 125 cm³/mol. The molecule has 0 fully saturated rings. The van der Waals surface area contributed by atoms with Crippen LogP contribution in [0.2, 0.25) is 0 Å². The Bertz CT molecular complexity index is 1330. The van der Waals surface area contributed by atoms with Crippen LogP contribution in [-0.2, 0) is 16.4 Å². The molecule has 33 heavy (non-hydrogen) atoms. The second-order valence-electron chi connectivity index (χ2n) is 8.79. The molecule has 7 nitrogen and oxygen atoms in total. The fourth-order valence-electron chi connectivity index (χ4n) is 4.19. The second kappa shape index (κ2) is 8.37. The summed E-state index contributed by atoms with van der Waals surface area (Å²) in [5.74, 6) is -1.68. The zero-order valence-corrected chi connectivity index (χ0v) is 19.0. The Kier molecular flexibility index (Phi) is 5.71. The van der Waals surface area contributed by atoms with E-state index in [1.165, 1.54) is 12.1 Å². The molecule has 8 heteroatoms. The molecule has 1 amide bonds. The molecule has 3 N–H and O–H groups in total. The Balaban J connectivity index is 1.61. The largest absolute Gasteiger partial charge is 0.478 e. The molecule has 3 aromatic rings. The van der Waals surface area contributed by atoms with Gasteiger partial charge >= 0.3 is 5.97 Å². The quantitative estimate of drug-likeness (QED) is 0.521. The molecule has 1 aliphatic heterocycles. The SMILES string of the molecule is CC1(C)Cc2cc(C(=O)O)ccc2NC1c1cccc(C(=O)NS(=O)(=O)c2ccccc2)c1. The van der Waals surface area contributed by atoms with Gasteiger partial charge in [0.05, 0.1) is 16.5 Å². The summed E-state index contributed by atoms with van der Waals surface area (Å²) in [6.07, 6.45) is 0.639. The molecule has 0 saturated heterocycles. The van der Waals surface area contributed by atoms with Gasteiger partial charge in [0, 0.05) is 11.3 Å². The summed E-state index contributed by atoms with van der Waals surface area (Å²) in [4.78, 5) is 24.1. The minimum absolute atomic E-state index is 0.0157. The van der Waals surface area contributed by atoms with E-state index in [9.17, 15) is 23.1 Å². The number of carboxylic acid groups (broad SMARTS) is 1. The molecule has 0 radical (unpaired) electrons. The van der Waals surface area contributed by atoms with Crippen molar-refractivity contribution in [1.29, 1.82) is 0 Å². The van der Waals surface area contributed by atoms with Gasteiger partial charge in [-0.3, -0.25) is 4.79 Å². The Hall–Kier alpha value is -3.65. The number of hydrogen-bond acceptors (Lipinski definition) is 5. The third-order valence-corrected chi connectivity index (χ3v) is 7.19. The number of rotatable bonds is 5. The molecule has 0 spiro atoms. The summed E-state index contributed by atoms with van der Waals surface area (Å²) < 4.78 is 27.2. The number of sulfonamides is 1. The van der Waals surface area contributed by atoms with Gasteiger partial charge in [-0.2, -0.15) is 0 Å². The highest BCUT2D eigenvalue weighted by atomic mass is 32.2. The molecule has 1 heterocycles. The van der Waals surface area contributed by atoms with Gasteiger partial charge in [-0.25, -0.2) is 17.9 Å². The van der Waals surface area contributed by atoms with Crippen LogP contribution in [-0.4, -0.2) is 25.4 Å². The Labute approximate surface area is 192 Å². The maximum absolute atomic E-state index is 12.8. The first-order valence-electron chi connectivity index (χ1n) is 10.4. The number of fused-ring (bicyclic) bond motifs is 1. The van der Waals surface area contributed by atoms with Crippen LogP contribution in [0, 0.1) is 5.41 Å². The highest BCUT2D eigenvalue weighted by Gasteiger charge is 2.36. The summed E-state index contributed by atoms with van der Waals surface area (Å²) in [7, 11) is -3.98. The summed E-state index contributed by atoms with van der Waals surface area (Å²) in [6.45, 7) is 4.13. The zero-order chi connectivity index (χ0) is 23.8. The molecule has 4 rings (SSSR count). The molecular formula is C25H24N2O5S. The normalized spacial score (nSPS) is 16.8. The average Bonchev–Trinajstić information content (AvgIpc) is 2.78. The second-order valence-corrected chi connectivity index (χ2v) is 10.5. The Morgan fingerprint density at radius 1 is 0.970 bits per heavy atom. The molecule has 1 aliphatic rings. The summed E-state index contributed by atoms with van der Waals surface area (Å²) >= 11 is 0. The fraction of sp³-hybridized carbons (Fsp3) is 0.200. The summed E-state index contributed by atoms with van der Waals surface area (Å²) in [6, 6.07) is 19.4. The number of anilines is 1. The lowest BCUT2D eigenvalue weighted by Crippen LogP contribution is -2.35. The lowest BCUT2D eigenvalue weighted by molar-refractivity contribution is 0.0696. The summed E-state index contributed by atoms with van der Waals surface area (Å²) in [5.41, 5.74) is 2.76. The van der Waals surface area contributed by atoms with Gasteiger partial charge in [-0.1, -0.05) is 44.2 Å². The van der Waals surface area contributed by atoms with Crippen LogP contribution in [0.5, 0.6) is 0 Å². The van der Waals surface area contributed by atoms with E-state index in [2.05, 4.69) is 23.9 Å². The van der Waals surface area contributed by atoms with Crippen LogP contribution in [0.15, 0.2) is 77.7 Å². The summed E-state index contributed by atoms with van der Waals surface area (Å²) in [5, 5.41) is 12.7. The first kappa shape index (κ1) is 22.5. The number of benzene rings is 3. The van der Waals surface area contributed by atoms with E-state index in [1.807, 2.05) is 6.07 Å². The van der Waals surface area contributed by atoms with Crippen molar-refractivity contribution in [3.63, 3.8) is 0 Å². The van der Waals surface area contributed by atoms with Crippen LogP contribution < -0.4 is 10.0 Å². The number of hydrogen-bond donors (Lipinski definition) is 3. The van der Waals surface area contributed by atoms with Crippen molar-refractivity contribution in [3.05, 3.63) is 95.1 Å². The van der Waals surface area contributed by atoms with E-state index in [0.29, 0.717) is 6.42 Å². The average molecular weight is 465 g/mol. The van der Waals surface area contributed by atoms with Crippen molar-refractivity contribution in [3.8, 4) is 0 Å². The highest BCUT2D eigenvalue weighted by molar-refractivity contribution is 7.90. The lowest BCUT2D eigenvalue weighted by atomic mass is 9.72. The molecule has 1 atom stereocenters. The van der Waals surface area contributed by atoms with Crippen molar-refractivity contribution in [2.24, 2.45) is 5.41 Å². The van der Waals surface area contributed by atoms with Crippen LogP contribution >= 0.6 is 0 Å². The van der Waals surface area contributed by atoms with Crippen molar-refractivity contribution in [2.75, 3.05) is 5.32 Å². The van der Waals surface area contributed by atoms with Gasteiger partial charge in [-0.15, -0.1) is 0 Å². The van der Waals surface area contributed by atoms with Crippen molar-refractivity contribution >= 4 is 27.6 Å². The minimum Gasteiger partial charge on any atom is -0.478 e. The number of carbonyl (C=O) groups is 2. The zero-order valence-electron chi connectivity index (χ0n) is 18.2.